The number of nitrogens with two attached hydrogens (primary N) is 1. The molecule has 2 heteroatoms. The van der Waals surface area contributed by atoms with Crippen LogP contribution in [0.15, 0.2) is 0 Å². The topological polar surface area (TPSA) is 29.3 Å². The lowest BCUT2D eigenvalue weighted by atomic mass is 10.0. The minimum absolute atomic E-state index is 0.354. The summed E-state index contributed by atoms with van der Waals surface area (Å²) >= 11 is 0. The Morgan fingerprint density at radius 3 is 2.43 bits per heavy atom. The quantitative estimate of drug-likeness (QED) is 0.680. The van der Waals surface area contributed by atoms with Gasteiger partial charge < -0.3 is 5.73 Å². The molecule has 0 heterocycles. The molecule has 1 atom stereocenters. The summed E-state index contributed by atoms with van der Waals surface area (Å²) in [6.45, 7) is 9.04. The Morgan fingerprint density at radius 1 is 1.36 bits per heavy atom. The number of rotatable bonds is 7. The highest BCUT2D eigenvalue weighted by Crippen LogP contribution is 2.27. The van der Waals surface area contributed by atoms with Crippen LogP contribution >= 0.6 is 0 Å². The molecule has 0 aromatic heterocycles. The van der Waals surface area contributed by atoms with Crippen molar-refractivity contribution in [2.75, 3.05) is 13.1 Å². The Hall–Kier alpha value is -0.0800. The van der Waals surface area contributed by atoms with E-state index in [-0.39, 0.29) is 0 Å². The first-order valence-electron chi connectivity index (χ1n) is 6.14. The lowest BCUT2D eigenvalue weighted by Crippen LogP contribution is -2.42. The summed E-state index contributed by atoms with van der Waals surface area (Å²) in [7, 11) is 0. The van der Waals surface area contributed by atoms with Gasteiger partial charge in [0, 0.05) is 18.6 Å². The van der Waals surface area contributed by atoms with Crippen molar-refractivity contribution < 1.29 is 0 Å². The fourth-order valence-corrected chi connectivity index (χ4v) is 1.71. The molecule has 1 aliphatic rings. The second kappa shape index (κ2) is 5.72. The van der Waals surface area contributed by atoms with Crippen LogP contribution in [0.25, 0.3) is 0 Å². The van der Waals surface area contributed by atoms with Crippen LogP contribution in [0.5, 0.6) is 0 Å². The van der Waals surface area contributed by atoms with Crippen LogP contribution in [0, 0.1) is 5.92 Å². The van der Waals surface area contributed by atoms with Gasteiger partial charge in [-0.05, 0) is 31.7 Å². The van der Waals surface area contributed by atoms with Gasteiger partial charge in [-0.3, -0.25) is 4.90 Å². The predicted octanol–water partition coefficient (Wildman–Crippen LogP) is 2.23. The van der Waals surface area contributed by atoms with E-state index >= 15 is 0 Å². The van der Waals surface area contributed by atoms with Crippen LogP contribution < -0.4 is 5.73 Å². The van der Waals surface area contributed by atoms with E-state index in [1.54, 1.807) is 0 Å². The van der Waals surface area contributed by atoms with Crippen LogP contribution in [-0.2, 0) is 0 Å². The maximum absolute atomic E-state index is 6.11. The largest absolute Gasteiger partial charge is 0.326 e. The van der Waals surface area contributed by atoms with Crippen molar-refractivity contribution in [3.63, 3.8) is 0 Å². The van der Waals surface area contributed by atoms with E-state index in [1.165, 1.54) is 32.2 Å². The van der Waals surface area contributed by atoms with Gasteiger partial charge in [0.05, 0.1) is 0 Å². The highest BCUT2D eigenvalue weighted by atomic mass is 15.2. The Kier molecular flexibility index (Phi) is 4.90. The molecule has 2 N–H and O–H groups in total. The van der Waals surface area contributed by atoms with Crippen molar-refractivity contribution in [2.24, 2.45) is 11.7 Å². The molecule has 0 saturated heterocycles. The molecule has 1 saturated carbocycles. The third kappa shape index (κ3) is 3.97. The van der Waals surface area contributed by atoms with Crippen molar-refractivity contribution in [1.29, 1.82) is 0 Å². The predicted molar refractivity (Wildman–Crippen MR) is 62.3 cm³/mol. The first-order valence-corrected chi connectivity index (χ1v) is 6.14. The summed E-state index contributed by atoms with van der Waals surface area (Å²) in [4.78, 5) is 2.61. The molecule has 14 heavy (non-hydrogen) atoms. The molecule has 0 bridgehead atoms. The summed E-state index contributed by atoms with van der Waals surface area (Å²) in [5, 5.41) is 0. The minimum Gasteiger partial charge on any atom is -0.326 e. The normalized spacial score (nSPS) is 19.3. The van der Waals surface area contributed by atoms with Crippen molar-refractivity contribution in [2.45, 2.75) is 58.5 Å². The smallest absolute Gasteiger partial charge is 0.0191 e. The summed E-state index contributed by atoms with van der Waals surface area (Å²) in [5.41, 5.74) is 6.11. The van der Waals surface area contributed by atoms with Gasteiger partial charge in [0.25, 0.3) is 0 Å². The van der Waals surface area contributed by atoms with E-state index in [2.05, 4.69) is 25.7 Å². The lowest BCUT2D eigenvalue weighted by molar-refractivity contribution is 0.225. The van der Waals surface area contributed by atoms with Crippen LogP contribution in [0.4, 0.5) is 0 Å². The van der Waals surface area contributed by atoms with Gasteiger partial charge in [-0.25, -0.2) is 0 Å². The van der Waals surface area contributed by atoms with Gasteiger partial charge in [0.15, 0.2) is 0 Å². The van der Waals surface area contributed by atoms with Gasteiger partial charge in [-0.2, -0.15) is 0 Å². The van der Waals surface area contributed by atoms with Gasteiger partial charge in [0.1, 0.15) is 0 Å². The van der Waals surface area contributed by atoms with Crippen LogP contribution in [0.2, 0.25) is 0 Å². The van der Waals surface area contributed by atoms with Crippen molar-refractivity contribution in [3.8, 4) is 0 Å². The van der Waals surface area contributed by atoms with E-state index in [0.29, 0.717) is 12.0 Å². The van der Waals surface area contributed by atoms with Gasteiger partial charge in [-0.15, -0.1) is 0 Å². The molecule has 0 aliphatic heterocycles. The lowest BCUT2D eigenvalue weighted by Gasteiger charge is -2.27. The second-order valence-electron chi connectivity index (χ2n) is 4.99. The SMILES string of the molecule is CCCCN(CC(N)C(C)C)C1CC1. The first kappa shape index (κ1) is 12.0. The molecule has 1 aliphatic carbocycles. The number of unbranched alkanes of at least 4 members (excludes halogenated alkanes) is 1. The second-order valence-corrected chi connectivity index (χ2v) is 4.99. The Bertz CT molecular complexity index is 152. The molecule has 2 nitrogen and oxygen atoms in total. The van der Waals surface area contributed by atoms with E-state index in [4.69, 9.17) is 5.73 Å². The van der Waals surface area contributed by atoms with E-state index in [9.17, 15) is 0 Å². The van der Waals surface area contributed by atoms with Crippen LogP contribution in [0.3, 0.4) is 0 Å². The summed E-state index contributed by atoms with van der Waals surface area (Å²) in [6, 6.07) is 1.22. The van der Waals surface area contributed by atoms with Gasteiger partial charge in [-0.1, -0.05) is 27.2 Å². The zero-order chi connectivity index (χ0) is 10.6. The summed E-state index contributed by atoms with van der Waals surface area (Å²) < 4.78 is 0. The van der Waals surface area contributed by atoms with Crippen molar-refractivity contribution >= 4 is 0 Å². The highest BCUT2D eigenvalue weighted by molar-refractivity contribution is 4.86. The summed E-state index contributed by atoms with van der Waals surface area (Å²) in [5.74, 6) is 0.609. The average Bonchev–Trinajstić information content (AvgIpc) is 2.94. The average molecular weight is 198 g/mol. The van der Waals surface area contributed by atoms with Crippen LogP contribution in [-0.4, -0.2) is 30.1 Å². The molecular weight excluding hydrogens is 172 g/mol. The zero-order valence-electron chi connectivity index (χ0n) is 10.00. The third-order valence-corrected chi connectivity index (χ3v) is 3.16. The molecule has 84 valence electrons. The van der Waals surface area contributed by atoms with Crippen LogP contribution in [0.1, 0.15) is 46.5 Å². The molecule has 0 aromatic rings. The monoisotopic (exact) mass is 198 g/mol. The molecule has 1 unspecified atom stereocenters. The van der Waals surface area contributed by atoms with Gasteiger partial charge in [0.2, 0.25) is 0 Å². The summed E-state index contributed by atoms with van der Waals surface area (Å²) in [6.07, 6.45) is 5.41. The van der Waals surface area contributed by atoms with Gasteiger partial charge >= 0.3 is 0 Å². The Balaban J connectivity index is 2.27. The minimum atomic E-state index is 0.354. The Labute approximate surface area is 88.8 Å². The van der Waals surface area contributed by atoms with Crippen molar-refractivity contribution in [1.82, 2.24) is 4.90 Å². The fraction of sp³-hybridized carbons (Fsp3) is 1.00. The molecule has 1 fully saturated rings. The number of hydrogen-bond donors (Lipinski definition) is 1. The Morgan fingerprint density at radius 2 is 2.00 bits per heavy atom. The van der Waals surface area contributed by atoms with E-state index in [0.717, 1.165) is 12.6 Å². The molecule has 0 aromatic carbocycles. The molecule has 1 rings (SSSR count). The number of nitrogens with zero attached hydrogens (tertiary/aromatic N) is 1. The standard InChI is InChI=1S/C12H26N2/c1-4-5-8-14(11-6-7-11)9-12(13)10(2)3/h10-12H,4-9,13H2,1-3H3. The maximum Gasteiger partial charge on any atom is 0.0191 e. The molecule has 0 radical (unpaired) electrons. The highest BCUT2D eigenvalue weighted by Gasteiger charge is 2.29. The fourth-order valence-electron chi connectivity index (χ4n) is 1.71. The van der Waals surface area contributed by atoms with E-state index < -0.39 is 0 Å². The first-order chi connectivity index (χ1) is 6.65. The maximum atomic E-state index is 6.11. The third-order valence-electron chi connectivity index (χ3n) is 3.16. The molecule has 0 amide bonds. The molecular formula is C12H26N2. The number of hydrogen-bond acceptors (Lipinski definition) is 2. The van der Waals surface area contributed by atoms with Crippen molar-refractivity contribution in [3.05, 3.63) is 0 Å². The zero-order valence-corrected chi connectivity index (χ0v) is 10.00. The van der Waals surface area contributed by atoms with E-state index in [1.807, 2.05) is 0 Å². The molecule has 0 spiro atoms.